The number of alkyl halides is 3. The molecule has 5 aromatic rings. The third-order valence-electron chi connectivity index (χ3n) is 9.10. The van der Waals surface area contributed by atoms with Crippen molar-refractivity contribution in [2.75, 3.05) is 20.4 Å². The van der Waals surface area contributed by atoms with Crippen LogP contribution in [0.4, 0.5) is 17.6 Å². The van der Waals surface area contributed by atoms with Crippen molar-refractivity contribution in [1.29, 1.82) is 0 Å². The summed E-state index contributed by atoms with van der Waals surface area (Å²) < 4.78 is 80.0. The SMILES string of the molecule is COc1cc(C(=O)O)cc2c1nc(Cc1c(F)cc(-c3cccc(OCc4ccc(Cl)cc4OC(F)F)n3)c3c1CCO3)n2CC1(CF)CC1. The molecule has 1 aliphatic carbocycles. The van der Waals surface area contributed by atoms with Crippen molar-refractivity contribution in [2.24, 2.45) is 5.41 Å². The molecule has 0 bridgehead atoms. The molecule has 7 rings (SSSR count). The number of hydrogen-bond donors (Lipinski definition) is 1. The van der Waals surface area contributed by atoms with Gasteiger partial charge in [0.1, 0.15) is 41.0 Å². The Morgan fingerprint density at radius 3 is 2.66 bits per heavy atom. The van der Waals surface area contributed by atoms with Crippen LogP contribution < -0.4 is 18.9 Å². The molecule has 1 saturated carbocycles. The van der Waals surface area contributed by atoms with Crippen LogP contribution in [0.15, 0.2) is 54.6 Å². The van der Waals surface area contributed by atoms with E-state index in [1.807, 2.05) is 0 Å². The van der Waals surface area contributed by atoms with Gasteiger partial charge in [-0.25, -0.2) is 19.2 Å². The lowest BCUT2D eigenvalue weighted by molar-refractivity contribution is -0.0508. The monoisotopic (exact) mass is 711 g/mol. The van der Waals surface area contributed by atoms with E-state index in [1.165, 1.54) is 43.5 Å². The molecule has 14 heteroatoms. The van der Waals surface area contributed by atoms with Gasteiger partial charge in [0.2, 0.25) is 5.88 Å². The van der Waals surface area contributed by atoms with E-state index >= 15 is 4.39 Å². The number of fused-ring (bicyclic) bond motifs is 2. The predicted molar refractivity (Wildman–Crippen MR) is 175 cm³/mol. The van der Waals surface area contributed by atoms with Crippen molar-refractivity contribution in [3.05, 3.63) is 93.5 Å². The first kappa shape index (κ1) is 33.5. The first-order valence-electron chi connectivity index (χ1n) is 15.7. The Morgan fingerprint density at radius 1 is 1.12 bits per heavy atom. The van der Waals surface area contributed by atoms with Crippen LogP contribution >= 0.6 is 11.6 Å². The minimum atomic E-state index is -3.05. The van der Waals surface area contributed by atoms with Gasteiger partial charge in [0, 0.05) is 58.1 Å². The highest BCUT2D eigenvalue weighted by Crippen LogP contribution is 2.49. The average Bonchev–Trinajstić information content (AvgIpc) is 3.55. The molecule has 1 aliphatic heterocycles. The number of hydrogen-bond acceptors (Lipinski definition) is 7. The maximum absolute atomic E-state index is 16.2. The second-order valence-corrected chi connectivity index (χ2v) is 12.8. The van der Waals surface area contributed by atoms with E-state index in [2.05, 4.69) is 9.72 Å². The van der Waals surface area contributed by atoms with Gasteiger partial charge in [-0.05, 0) is 49.2 Å². The third kappa shape index (κ3) is 6.49. The maximum atomic E-state index is 16.2. The number of aromatic nitrogens is 3. The lowest BCUT2D eigenvalue weighted by Gasteiger charge is -2.17. The first-order chi connectivity index (χ1) is 24.1. The highest BCUT2D eigenvalue weighted by molar-refractivity contribution is 6.30. The second-order valence-electron chi connectivity index (χ2n) is 12.3. The van der Waals surface area contributed by atoms with Crippen LogP contribution in [0.1, 0.15) is 45.7 Å². The number of nitrogens with zero attached hydrogens (tertiary/aromatic N) is 3. The molecular weight excluding hydrogens is 682 g/mol. The molecule has 0 atom stereocenters. The highest BCUT2D eigenvalue weighted by Gasteiger charge is 2.44. The van der Waals surface area contributed by atoms with E-state index in [-0.39, 0.29) is 47.5 Å². The molecule has 0 spiro atoms. The van der Waals surface area contributed by atoms with Gasteiger partial charge in [0.25, 0.3) is 0 Å². The van der Waals surface area contributed by atoms with E-state index in [9.17, 15) is 23.1 Å². The van der Waals surface area contributed by atoms with Gasteiger partial charge in [-0.15, -0.1) is 0 Å². The summed E-state index contributed by atoms with van der Waals surface area (Å²) in [6.07, 6.45) is 1.78. The predicted octanol–water partition coefficient (Wildman–Crippen LogP) is 8.05. The Bertz CT molecular complexity index is 2120. The van der Waals surface area contributed by atoms with Gasteiger partial charge in [0.15, 0.2) is 0 Å². The molecule has 2 aromatic heterocycles. The summed E-state index contributed by atoms with van der Waals surface area (Å²) in [6, 6.07) is 13.4. The largest absolute Gasteiger partial charge is 0.494 e. The molecule has 50 heavy (non-hydrogen) atoms. The van der Waals surface area contributed by atoms with Gasteiger partial charge in [-0.3, -0.25) is 4.39 Å². The number of methoxy groups -OCH3 is 1. The molecule has 1 N–H and O–H groups in total. The van der Waals surface area contributed by atoms with Gasteiger partial charge < -0.3 is 28.6 Å². The Balaban J connectivity index is 1.23. The van der Waals surface area contributed by atoms with Crippen LogP contribution in [0.5, 0.6) is 23.1 Å². The van der Waals surface area contributed by atoms with E-state index in [0.29, 0.717) is 76.4 Å². The summed E-state index contributed by atoms with van der Waals surface area (Å²) in [5, 5.41) is 9.96. The quantitative estimate of drug-likeness (QED) is 0.122. The zero-order chi connectivity index (χ0) is 35.2. The summed E-state index contributed by atoms with van der Waals surface area (Å²) in [7, 11) is 1.41. The number of benzene rings is 3. The Morgan fingerprint density at radius 2 is 1.94 bits per heavy atom. The zero-order valence-electron chi connectivity index (χ0n) is 26.7. The van der Waals surface area contributed by atoms with Gasteiger partial charge in [-0.1, -0.05) is 23.7 Å². The minimum absolute atomic E-state index is 0.00854. The smallest absolute Gasteiger partial charge is 0.387 e. The zero-order valence-corrected chi connectivity index (χ0v) is 27.4. The van der Waals surface area contributed by atoms with Crippen molar-refractivity contribution in [3.63, 3.8) is 0 Å². The van der Waals surface area contributed by atoms with E-state index in [0.717, 1.165) is 0 Å². The Labute approximate surface area is 288 Å². The fourth-order valence-corrected chi connectivity index (χ4v) is 6.44. The van der Waals surface area contributed by atoms with Gasteiger partial charge in [0.05, 0.1) is 37.2 Å². The molecule has 0 amide bonds. The molecule has 260 valence electrons. The molecule has 0 radical (unpaired) electrons. The van der Waals surface area contributed by atoms with Crippen molar-refractivity contribution in [2.45, 2.75) is 45.4 Å². The summed E-state index contributed by atoms with van der Waals surface area (Å²) in [6.45, 7) is -3.20. The molecular formula is C36H30ClF4N3O6. The number of rotatable bonds is 13. The van der Waals surface area contributed by atoms with Crippen LogP contribution in [0.2, 0.25) is 5.02 Å². The van der Waals surface area contributed by atoms with Gasteiger partial charge in [-0.2, -0.15) is 8.78 Å². The molecule has 1 fully saturated rings. The lowest BCUT2D eigenvalue weighted by Crippen LogP contribution is -2.17. The second kappa shape index (κ2) is 13.3. The summed E-state index contributed by atoms with van der Waals surface area (Å²) in [5.74, 6) is -0.520. The number of pyridine rings is 1. The standard InChI is InChI=1S/C36H30ClF4N3O6/c1-47-29-12-20(34(45)46)11-27-32(29)43-30(44(27)18-36(17-38)8-9-36)15-23-22-7-10-48-33(22)24(14-25(23)39)26-3-2-4-31(42-26)49-16-19-5-6-21(37)13-28(19)50-35(40)41/h2-6,11-14,35H,7-10,15-18H2,1H3,(H,45,46). The van der Waals surface area contributed by atoms with Crippen LogP contribution in [-0.2, 0) is 26.0 Å². The molecule has 0 unspecified atom stereocenters. The molecule has 0 saturated heterocycles. The average molecular weight is 712 g/mol. The van der Waals surface area contributed by atoms with E-state index in [1.54, 1.807) is 22.8 Å². The van der Waals surface area contributed by atoms with Crippen LogP contribution in [0.25, 0.3) is 22.3 Å². The molecule has 3 heterocycles. The fourth-order valence-electron chi connectivity index (χ4n) is 6.27. The highest BCUT2D eigenvalue weighted by atomic mass is 35.5. The number of ether oxygens (including phenoxy) is 4. The number of imidazole rings is 1. The van der Waals surface area contributed by atoms with Crippen molar-refractivity contribution in [3.8, 4) is 34.4 Å². The van der Waals surface area contributed by atoms with Crippen molar-refractivity contribution >= 4 is 28.6 Å². The number of carbonyl (C=O) groups is 1. The minimum Gasteiger partial charge on any atom is -0.494 e. The normalized spacial score (nSPS) is 14.5. The topological polar surface area (TPSA) is 105 Å². The fraction of sp³-hybridized carbons (Fsp3) is 0.306. The van der Waals surface area contributed by atoms with Crippen molar-refractivity contribution in [1.82, 2.24) is 14.5 Å². The Kier molecular flexibility index (Phi) is 8.93. The molecule has 9 nitrogen and oxygen atoms in total. The third-order valence-corrected chi connectivity index (χ3v) is 9.33. The maximum Gasteiger partial charge on any atom is 0.387 e. The number of halogens is 5. The number of carboxylic acids is 1. The van der Waals surface area contributed by atoms with Crippen molar-refractivity contribution < 1.29 is 46.4 Å². The van der Waals surface area contributed by atoms with Gasteiger partial charge >= 0.3 is 12.6 Å². The molecule has 3 aromatic carbocycles. The summed E-state index contributed by atoms with van der Waals surface area (Å²) in [5.41, 5.74) is 2.33. The van der Waals surface area contributed by atoms with E-state index < -0.39 is 30.5 Å². The Hall–Kier alpha value is -5.04. The first-order valence-corrected chi connectivity index (χ1v) is 16.1. The summed E-state index contributed by atoms with van der Waals surface area (Å²) >= 11 is 5.95. The number of aromatic carboxylic acids is 1. The van der Waals surface area contributed by atoms with Crippen LogP contribution in [-0.4, -0.2) is 52.6 Å². The summed E-state index contributed by atoms with van der Waals surface area (Å²) in [4.78, 5) is 21.2. The molecule has 2 aliphatic rings. The number of carboxylic acid groups (broad SMARTS) is 1. The lowest BCUT2D eigenvalue weighted by atomic mass is 9.96. The van der Waals surface area contributed by atoms with Crippen LogP contribution in [0, 0.1) is 11.2 Å². The van der Waals surface area contributed by atoms with Crippen LogP contribution in [0.3, 0.4) is 0 Å². The van der Waals surface area contributed by atoms with E-state index in [4.69, 9.17) is 30.8 Å².